The SMILES string of the molecule is COC(=O)c1ccccc1C#CCC(N)=O. The molecule has 0 unspecified atom stereocenters. The Morgan fingerprint density at radius 2 is 2.06 bits per heavy atom. The molecule has 4 heteroatoms. The number of hydrogen-bond acceptors (Lipinski definition) is 3. The molecule has 1 aromatic rings. The van der Waals surface area contributed by atoms with E-state index in [1.54, 1.807) is 24.3 Å². The number of benzene rings is 1. The summed E-state index contributed by atoms with van der Waals surface area (Å²) in [6.07, 6.45) is -0.0322. The van der Waals surface area contributed by atoms with E-state index in [-0.39, 0.29) is 6.42 Å². The first-order valence-corrected chi connectivity index (χ1v) is 4.59. The van der Waals surface area contributed by atoms with E-state index in [0.29, 0.717) is 11.1 Å². The molecule has 0 aliphatic heterocycles. The van der Waals surface area contributed by atoms with E-state index in [1.165, 1.54) is 7.11 Å². The molecule has 2 N–H and O–H groups in total. The van der Waals surface area contributed by atoms with Crippen LogP contribution in [0, 0.1) is 11.8 Å². The molecule has 4 nitrogen and oxygen atoms in total. The lowest BCUT2D eigenvalue weighted by atomic mass is 10.1. The number of carbonyl (C=O) groups excluding carboxylic acids is 2. The molecule has 0 aromatic heterocycles. The maximum atomic E-state index is 11.3. The highest BCUT2D eigenvalue weighted by Gasteiger charge is 2.08. The standard InChI is InChI=1S/C12H11NO3/c1-16-12(15)10-7-3-2-5-9(10)6-4-8-11(13)14/h2-3,5,7H,8H2,1H3,(H2,13,14). The Bertz CT molecular complexity index is 469. The van der Waals surface area contributed by atoms with E-state index in [0.717, 1.165) is 0 Å². The van der Waals surface area contributed by atoms with E-state index in [4.69, 9.17) is 5.73 Å². The minimum absolute atomic E-state index is 0.0322. The summed E-state index contributed by atoms with van der Waals surface area (Å²) in [5.41, 5.74) is 5.85. The van der Waals surface area contributed by atoms with E-state index in [2.05, 4.69) is 16.6 Å². The van der Waals surface area contributed by atoms with Crippen molar-refractivity contribution in [3.8, 4) is 11.8 Å². The zero-order valence-electron chi connectivity index (χ0n) is 8.82. The van der Waals surface area contributed by atoms with Gasteiger partial charge in [0.05, 0.1) is 19.1 Å². The Kier molecular flexibility index (Phi) is 4.10. The van der Waals surface area contributed by atoms with Gasteiger partial charge in [-0.2, -0.15) is 0 Å². The lowest BCUT2D eigenvalue weighted by Gasteiger charge is -2.00. The number of methoxy groups -OCH3 is 1. The second kappa shape index (κ2) is 5.56. The Hall–Kier alpha value is -2.28. The second-order valence-corrected chi connectivity index (χ2v) is 2.98. The van der Waals surface area contributed by atoms with Crippen LogP contribution in [-0.2, 0) is 9.53 Å². The van der Waals surface area contributed by atoms with Crippen LogP contribution in [-0.4, -0.2) is 19.0 Å². The lowest BCUT2D eigenvalue weighted by molar-refractivity contribution is -0.117. The Labute approximate surface area is 93.4 Å². The zero-order valence-corrected chi connectivity index (χ0v) is 8.82. The number of primary amides is 1. The first-order valence-electron chi connectivity index (χ1n) is 4.59. The summed E-state index contributed by atoms with van der Waals surface area (Å²) < 4.78 is 4.61. The van der Waals surface area contributed by atoms with E-state index < -0.39 is 11.9 Å². The highest BCUT2D eigenvalue weighted by molar-refractivity contribution is 5.92. The van der Waals surface area contributed by atoms with Gasteiger partial charge in [-0.15, -0.1) is 0 Å². The molecule has 0 saturated carbocycles. The molecule has 1 aromatic carbocycles. The molecule has 0 bridgehead atoms. The maximum absolute atomic E-state index is 11.3. The van der Waals surface area contributed by atoms with Crippen molar-refractivity contribution in [3.63, 3.8) is 0 Å². The number of hydrogen-bond donors (Lipinski definition) is 1. The summed E-state index contributed by atoms with van der Waals surface area (Å²) in [5.74, 6) is 4.34. The number of nitrogens with two attached hydrogens (primary N) is 1. The highest BCUT2D eigenvalue weighted by Crippen LogP contribution is 2.08. The largest absolute Gasteiger partial charge is 0.465 e. The quantitative estimate of drug-likeness (QED) is 0.585. The third-order valence-corrected chi connectivity index (χ3v) is 1.82. The number of carbonyl (C=O) groups is 2. The fourth-order valence-electron chi connectivity index (χ4n) is 1.11. The molecule has 0 heterocycles. The van der Waals surface area contributed by atoms with Crippen LogP contribution in [0.1, 0.15) is 22.3 Å². The van der Waals surface area contributed by atoms with Crippen LogP contribution >= 0.6 is 0 Å². The number of ether oxygens (including phenoxy) is 1. The van der Waals surface area contributed by atoms with Crippen LogP contribution < -0.4 is 5.73 Å². The van der Waals surface area contributed by atoms with Crippen LogP contribution in [0.3, 0.4) is 0 Å². The molecule has 1 amide bonds. The predicted molar refractivity (Wildman–Crippen MR) is 58.5 cm³/mol. The van der Waals surface area contributed by atoms with Crippen molar-refractivity contribution in [3.05, 3.63) is 35.4 Å². The fraction of sp³-hybridized carbons (Fsp3) is 0.167. The Morgan fingerprint density at radius 3 is 2.69 bits per heavy atom. The summed E-state index contributed by atoms with van der Waals surface area (Å²) in [6, 6.07) is 6.76. The molecule has 82 valence electrons. The average Bonchev–Trinajstić information content (AvgIpc) is 2.28. The van der Waals surface area contributed by atoms with Gasteiger partial charge >= 0.3 is 5.97 Å². The fourth-order valence-corrected chi connectivity index (χ4v) is 1.11. The molecule has 16 heavy (non-hydrogen) atoms. The van der Waals surface area contributed by atoms with Crippen molar-refractivity contribution >= 4 is 11.9 Å². The molecule has 0 saturated heterocycles. The Morgan fingerprint density at radius 1 is 1.38 bits per heavy atom. The second-order valence-electron chi connectivity index (χ2n) is 2.98. The van der Waals surface area contributed by atoms with Gasteiger partial charge in [-0.1, -0.05) is 24.0 Å². The summed E-state index contributed by atoms with van der Waals surface area (Å²) in [7, 11) is 1.30. The van der Waals surface area contributed by atoms with Gasteiger partial charge in [-0.05, 0) is 12.1 Å². The van der Waals surface area contributed by atoms with Crippen LogP contribution in [0.15, 0.2) is 24.3 Å². The van der Waals surface area contributed by atoms with Gasteiger partial charge in [0.25, 0.3) is 0 Å². The monoisotopic (exact) mass is 217 g/mol. The van der Waals surface area contributed by atoms with E-state index >= 15 is 0 Å². The number of esters is 1. The van der Waals surface area contributed by atoms with Gasteiger partial charge < -0.3 is 10.5 Å². The van der Waals surface area contributed by atoms with Crippen molar-refractivity contribution < 1.29 is 14.3 Å². The van der Waals surface area contributed by atoms with Gasteiger partial charge in [0.15, 0.2) is 0 Å². The first-order chi connectivity index (χ1) is 7.65. The average molecular weight is 217 g/mol. The smallest absolute Gasteiger partial charge is 0.339 e. The lowest BCUT2D eigenvalue weighted by Crippen LogP contribution is -2.08. The molecule has 0 atom stereocenters. The van der Waals surface area contributed by atoms with Gasteiger partial charge in [0.1, 0.15) is 0 Å². The molecule has 0 fully saturated rings. The summed E-state index contributed by atoms with van der Waals surface area (Å²) in [6.45, 7) is 0. The molecule has 0 aliphatic carbocycles. The van der Waals surface area contributed by atoms with Crippen molar-refractivity contribution in [2.45, 2.75) is 6.42 Å². The van der Waals surface area contributed by atoms with E-state index in [9.17, 15) is 9.59 Å². The number of rotatable bonds is 2. The van der Waals surface area contributed by atoms with E-state index in [1.807, 2.05) is 0 Å². The normalized spacial score (nSPS) is 8.81. The third-order valence-electron chi connectivity index (χ3n) is 1.82. The highest BCUT2D eigenvalue weighted by atomic mass is 16.5. The summed E-state index contributed by atoms with van der Waals surface area (Å²) >= 11 is 0. The molecule has 0 radical (unpaired) electrons. The van der Waals surface area contributed by atoms with Crippen molar-refractivity contribution in [2.24, 2.45) is 5.73 Å². The van der Waals surface area contributed by atoms with Gasteiger partial charge in [0.2, 0.25) is 5.91 Å². The van der Waals surface area contributed by atoms with Crippen LogP contribution in [0.4, 0.5) is 0 Å². The number of amides is 1. The van der Waals surface area contributed by atoms with Crippen molar-refractivity contribution in [1.82, 2.24) is 0 Å². The van der Waals surface area contributed by atoms with Crippen molar-refractivity contribution in [1.29, 1.82) is 0 Å². The van der Waals surface area contributed by atoms with Crippen LogP contribution in [0.2, 0.25) is 0 Å². The van der Waals surface area contributed by atoms with Gasteiger partial charge in [-0.3, -0.25) is 4.79 Å². The first kappa shape index (κ1) is 11.8. The van der Waals surface area contributed by atoms with Crippen LogP contribution in [0.25, 0.3) is 0 Å². The minimum Gasteiger partial charge on any atom is -0.465 e. The van der Waals surface area contributed by atoms with Crippen molar-refractivity contribution in [2.75, 3.05) is 7.11 Å². The van der Waals surface area contributed by atoms with Gasteiger partial charge in [-0.25, -0.2) is 4.79 Å². The summed E-state index contributed by atoms with van der Waals surface area (Å²) in [5, 5.41) is 0. The Balaban J connectivity index is 2.98. The molecule has 1 rings (SSSR count). The molecule has 0 aliphatic rings. The summed E-state index contributed by atoms with van der Waals surface area (Å²) in [4.78, 5) is 21.8. The van der Waals surface area contributed by atoms with Crippen LogP contribution in [0.5, 0.6) is 0 Å². The third kappa shape index (κ3) is 3.14. The molecule has 0 spiro atoms. The molecular formula is C12H11NO3. The molecular weight excluding hydrogens is 206 g/mol. The maximum Gasteiger partial charge on any atom is 0.339 e. The minimum atomic E-state index is -0.497. The van der Waals surface area contributed by atoms with Gasteiger partial charge in [0, 0.05) is 5.56 Å². The topological polar surface area (TPSA) is 69.4 Å². The predicted octanol–water partition coefficient (Wildman–Crippen LogP) is 0.700. The zero-order chi connectivity index (χ0) is 12.0.